The Bertz CT molecular complexity index is 275. The molecule has 3 fully saturated rings. The third kappa shape index (κ3) is 2.34. The highest BCUT2D eigenvalue weighted by atomic mass is 15.3. The molecule has 2 heterocycles. The average Bonchev–Trinajstić information content (AvgIpc) is 2.62. The summed E-state index contributed by atoms with van der Waals surface area (Å²) in [6.45, 7) is 4.82. The Balaban J connectivity index is 1.68. The second kappa shape index (κ2) is 5.13. The van der Waals surface area contributed by atoms with Crippen LogP contribution in [0.1, 0.15) is 65.2 Å². The van der Waals surface area contributed by atoms with Gasteiger partial charge in [-0.25, -0.2) is 0 Å². The number of hydrogen-bond acceptors (Lipinski definition) is 2. The van der Waals surface area contributed by atoms with Gasteiger partial charge in [0.15, 0.2) is 0 Å². The molecule has 3 rings (SSSR count). The van der Waals surface area contributed by atoms with Gasteiger partial charge in [0.2, 0.25) is 0 Å². The highest BCUT2D eigenvalue weighted by molar-refractivity contribution is 5.00. The highest BCUT2D eigenvalue weighted by Crippen LogP contribution is 2.42. The fourth-order valence-corrected chi connectivity index (χ4v) is 4.93. The van der Waals surface area contributed by atoms with Crippen molar-refractivity contribution < 1.29 is 0 Å². The van der Waals surface area contributed by atoms with Gasteiger partial charge < -0.3 is 5.73 Å². The van der Waals surface area contributed by atoms with Gasteiger partial charge in [0, 0.05) is 24.2 Å². The van der Waals surface area contributed by atoms with Gasteiger partial charge >= 0.3 is 0 Å². The lowest BCUT2D eigenvalue weighted by molar-refractivity contribution is 0.0382. The Labute approximate surface area is 112 Å². The summed E-state index contributed by atoms with van der Waals surface area (Å²) < 4.78 is 0. The van der Waals surface area contributed by atoms with E-state index >= 15 is 0 Å². The average molecular weight is 250 g/mol. The quantitative estimate of drug-likeness (QED) is 0.815. The van der Waals surface area contributed by atoms with Crippen molar-refractivity contribution in [1.82, 2.24) is 4.90 Å². The monoisotopic (exact) mass is 250 g/mol. The molecule has 0 aromatic carbocycles. The zero-order valence-corrected chi connectivity index (χ0v) is 12.1. The van der Waals surface area contributed by atoms with Crippen molar-refractivity contribution >= 4 is 0 Å². The van der Waals surface area contributed by atoms with E-state index in [2.05, 4.69) is 18.7 Å². The predicted octanol–water partition coefficient (Wildman–Crippen LogP) is 3.16. The second-order valence-corrected chi connectivity index (χ2v) is 7.39. The summed E-state index contributed by atoms with van der Waals surface area (Å²) in [4.78, 5) is 2.91. The summed E-state index contributed by atoms with van der Waals surface area (Å²) in [5.41, 5.74) is 6.20. The van der Waals surface area contributed by atoms with Crippen LogP contribution < -0.4 is 5.73 Å². The number of hydrogen-bond donors (Lipinski definition) is 1. The molecule has 1 aliphatic carbocycles. The number of fused-ring (bicyclic) bond motifs is 2. The Morgan fingerprint density at radius 1 is 0.889 bits per heavy atom. The van der Waals surface area contributed by atoms with Crippen LogP contribution in [0.5, 0.6) is 0 Å². The first-order valence-electron chi connectivity index (χ1n) is 8.18. The predicted molar refractivity (Wildman–Crippen MR) is 76.4 cm³/mol. The summed E-state index contributed by atoms with van der Waals surface area (Å²) in [5.74, 6) is 1.84. The van der Waals surface area contributed by atoms with Crippen LogP contribution in [0.15, 0.2) is 0 Å². The largest absolute Gasteiger partial charge is 0.328 e. The van der Waals surface area contributed by atoms with Crippen molar-refractivity contribution in [3.8, 4) is 0 Å². The maximum absolute atomic E-state index is 6.20. The van der Waals surface area contributed by atoms with Gasteiger partial charge in [0.05, 0.1) is 0 Å². The first kappa shape index (κ1) is 12.9. The van der Waals surface area contributed by atoms with Gasteiger partial charge in [0.1, 0.15) is 0 Å². The van der Waals surface area contributed by atoms with Crippen LogP contribution in [0, 0.1) is 11.8 Å². The minimum atomic E-state index is 0.489. The molecule has 0 aromatic rings. The number of piperidine rings is 1. The van der Waals surface area contributed by atoms with E-state index in [1.54, 1.807) is 0 Å². The molecule has 0 radical (unpaired) electrons. The Kier molecular flexibility index (Phi) is 3.68. The minimum Gasteiger partial charge on any atom is -0.328 e. The third-order valence-corrected chi connectivity index (χ3v) is 5.88. The summed E-state index contributed by atoms with van der Waals surface area (Å²) >= 11 is 0. The van der Waals surface area contributed by atoms with Gasteiger partial charge in [-0.2, -0.15) is 0 Å². The Morgan fingerprint density at radius 2 is 1.50 bits per heavy atom. The topological polar surface area (TPSA) is 29.3 Å². The molecule has 2 bridgehead atoms. The molecule has 2 saturated heterocycles. The van der Waals surface area contributed by atoms with Crippen LogP contribution in [-0.2, 0) is 0 Å². The molecule has 3 aliphatic rings. The van der Waals surface area contributed by atoms with Crippen LogP contribution in [0.3, 0.4) is 0 Å². The van der Waals surface area contributed by atoms with Gasteiger partial charge in [0.25, 0.3) is 0 Å². The minimum absolute atomic E-state index is 0.489. The molecule has 2 aliphatic heterocycles. The molecule has 1 saturated carbocycles. The molecule has 0 spiro atoms. The Morgan fingerprint density at radius 3 is 2.11 bits per heavy atom. The summed E-state index contributed by atoms with van der Waals surface area (Å²) in [7, 11) is 0. The lowest BCUT2D eigenvalue weighted by atomic mass is 9.77. The van der Waals surface area contributed by atoms with E-state index in [9.17, 15) is 0 Å². The zero-order chi connectivity index (χ0) is 12.7. The van der Waals surface area contributed by atoms with Crippen LogP contribution in [0.4, 0.5) is 0 Å². The summed E-state index contributed by atoms with van der Waals surface area (Å²) in [5, 5.41) is 0. The van der Waals surface area contributed by atoms with Crippen molar-refractivity contribution in [1.29, 1.82) is 0 Å². The van der Waals surface area contributed by atoms with Crippen molar-refractivity contribution in [2.24, 2.45) is 17.6 Å². The summed E-state index contributed by atoms with van der Waals surface area (Å²) in [6, 6.07) is 3.03. The molecule has 18 heavy (non-hydrogen) atoms. The van der Waals surface area contributed by atoms with E-state index in [0.717, 1.165) is 30.0 Å². The smallest absolute Gasteiger partial charge is 0.0116 e. The molecule has 0 aromatic heterocycles. The van der Waals surface area contributed by atoms with E-state index in [1.165, 1.54) is 51.4 Å². The maximum atomic E-state index is 6.20. The molecular formula is C16H30N2. The highest BCUT2D eigenvalue weighted by Gasteiger charge is 2.43. The second-order valence-electron chi connectivity index (χ2n) is 7.39. The van der Waals surface area contributed by atoms with Crippen molar-refractivity contribution in [2.75, 3.05) is 0 Å². The zero-order valence-electron chi connectivity index (χ0n) is 12.1. The van der Waals surface area contributed by atoms with Gasteiger partial charge in [-0.3, -0.25) is 4.90 Å². The lowest BCUT2D eigenvalue weighted by Gasteiger charge is -2.46. The van der Waals surface area contributed by atoms with Crippen LogP contribution in [-0.4, -0.2) is 29.1 Å². The fraction of sp³-hybridized carbons (Fsp3) is 1.00. The molecule has 2 nitrogen and oxygen atoms in total. The molecule has 4 atom stereocenters. The molecular weight excluding hydrogens is 220 g/mol. The van der Waals surface area contributed by atoms with Crippen molar-refractivity contribution in [3.63, 3.8) is 0 Å². The van der Waals surface area contributed by atoms with Gasteiger partial charge in [-0.05, 0) is 50.4 Å². The van der Waals surface area contributed by atoms with E-state index in [0.29, 0.717) is 6.04 Å². The molecule has 104 valence electrons. The van der Waals surface area contributed by atoms with E-state index in [1.807, 2.05) is 0 Å². The first-order chi connectivity index (χ1) is 8.65. The third-order valence-electron chi connectivity index (χ3n) is 5.88. The van der Waals surface area contributed by atoms with Crippen LogP contribution >= 0.6 is 0 Å². The molecule has 2 heteroatoms. The van der Waals surface area contributed by atoms with Gasteiger partial charge in [-0.15, -0.1) is 0 Å². The SMILES string of the molecule is CC(C)C1CCCC(N2C3CCC2CC(N)C3)C1. The Hall–Kier alpha value is -0.0800. The standard InChI is InChI=1S/C16H30N2/c1-11(2)12-4-3-5-14(8-12)18-15-6-7-16(18)10-13(17)9-15/h11-16H,3-10,17H2,1-2H3. The number of nitrogens with zero attached hydrogens (tertiary/aromatic N) is 1. The van der Waals surface area contributed by atoms with E-state index in [4.69, 9.17) is 5.73 Å². The molecule has 0 amide bonds. The van der Waals surface area contributed by atoms with E-state index in [-0.39, 0.29) is 0 Å². The fourth-order valence-electron chi connectivity index (χ4n) is 4.93. The van der Waals surface area contributed by atoms with Gasteiger partial charge in [-0.1, -0.05) is 26.7 Å². The maximum Gasteiger partial charge on any atom is 0.0116 e. The molecule has 2 N–H and O–H groups in total. The normalized spacial score (nSPS) is 45.7. The number of nitrogens with two attached hydrogens (primary N) is 1. The van der Waals surface area contributed by atoms with E-state index < -0.39 is 0 Å². The van der Waals surface area contributed by atoms with Crippen molar-refractivity contribution in [3.05, 3.63) is 0 Å². The molecule has 4 unspecified atom stereocenters. The summed E-state index contributed by atoms with van der Waals surface area (Å²) in [6.07, 6.45) is 11.2. The van der Waals surface area contributed by atoms with Crippen LogP contribution in [0.2, 0.25) is 0 Å². The first-order valence-corrected chi connectivity index (χ1v) is 8.18. The number of rotatable bonds is 2. The van der Waals surface area contributed by atoms with Crippen molar-refractivity contribution in [2.45, 2.75) is 89.4 Å². The van der Waals surface area contributed by atoms with Crippen LogP contribution in [0.25, 0.3) is 0 Å². The lowest BCUT2D eigenvalue weighted by Crippen LogP contribution is -2.53.